The Morgan fingerprint density at radius 3 is 2.14 bits per heavy atom. The van der Waals surface area contributed by atoms with Crippen molar-refractivity contribution in [3.63, 3.8) is 0 Å². The molecular weight excluding hydrogens is 548 g/mol. The van der Waals surface area contributed by atoms with Gasteiger partial charge in [-0.3, -0.25) is 19.8 Å². The smallest absolute Gasteiger partial charge is 0.350 e. The predicted molar refractivity (Wildman–Crippen MR) is 157 cm³/mol. The quantitative estimate of drug-likeness (QED) is 0.153. The van der Waals surface area contributed by atoms with Crippen LogP contribution in [-0.4, -0.2) is 36.1 Å². The molecule has 0 radical (unpaired) electrons. The van der Waals surface area contributed by atoms with Crippen molar-refractivity contribution in [3.8, 4) is 11.5 Å². The summed E-state index contributed by atoms with van der Waals surface area (Å²) in [7, 11) is 1.27. The fourth-order valence-corrected chi connectivity index (χ4v) is 6.62. The van der Waals surface area contributed by atoms with Crippen LogP contribution in [0.4, 0.5) is 11.4 Å². The summed E-state index contributed by atoms with van der Waals surface area (Å²) in [6.07, 6.45) is 1.48. The third kappa shape index (κ3) is 3.91. The lowest BCUT2D eigenvalue weighted by Gasteiger charge is -2.38. The molecule has 3 aliphatic rings. The Morgan fingerprint density at radius 1 is 0.930 bits per heavy atom. The van der Waals surface area contributed by atoms with Crippen LogP contribution in [0.1, 0.15) is 47.6 Å². The largest absolute Gasteiger partial charge is 0.491 e. The molecule has 1 saturated carbocycles. The van der Waals surface area contributed by atoms with Gasteiger partial charge in [-0.25, -0.2) is 4.79 Å². The van der Waals surface area contributed by atoms with E-state index in [1.165, 1.54) is 19.2 Å². The summed E-state index contributed by atoms with van der Waals surface area (Å²) in [4.78, 5) is 41.1. The Labute approximate surface area is 247 Å². The molecule has 4 aromatic carbocycles. The van der Waals surface area contributed by atoms with Gasteiger partial charge in [-0.15, -0.1) is 0 Å². The molecule has 0 bridgehead atoms. The van der Waals surface area contributed by atoms with E-state index in [2.05, 4.69) is 0 Å². The SMILES string of the molecule is COC(=O)C1(Oc2cc3c(cc2[N+](=O)[O-])OCC32C(=O)N(C(c3ccccc3)c3ccccc3)c3ccccc32)CCC1. The maximum Gasteiger partial charge on any atom is 0.350 e. The molecule has 9 heteroatoms. The van der Waals surface area contributed by atoms with E-state index in [1.807, 2.05) is 89.8 Å². The summed E-state index contributed by atoms with van der Waals surface area (Å²) in [6.45, 7) is -0.0340. The maximum absolute atomic E-state index is 15.0. The number of hydrogen-bond donors (Lipinski definition) is 0. The number of carbonyl (C=O) groups excluding carboxylic acids is 2. The average Bonchev–Trinajstić information content (AvgIpc) is 3.51. The molecule has 43 heavy (non-hydrogen) atoms. The number of esters is 1. The minimum atomic E-state index is -1.31. The molecule has 9 nitrogen and oxygen atoms in total. The number of para-hydroxylation sites is 1. The minimum absolute atomic E-state index is 0.0340. The summed E-state index contributed by atoms with van der Waals surface area (Å²) < 4.78 is 17.2. The third-order valence-corrected chi connectivity index (χ3v) is 8.88. The summed E-state index contributed by atoms with van der Waals surface area (Å²) in [5.41, 5.74) is 0.875. The molecule has 216 valence electrons. The minimum Gasteiger partial charge on any atom is -0.491 e. The first kappa shape index (κ1) is 26.7. The molecular formula is C34H28N2O7. The van der Waals surface area contributed by atoms with Crippen LogP contribution >= 0.6 is 0 Å². The van der Waals surface area contributed by atoms with Gasteiger partial charge in [0.2, 0.25) is 11.5 Å². The normalized spacial score (nSPS) is 19.4. The van der Waals surface area contributed by atoms with Crippen molar-refractivity contribution >= 4 is 23.3 Å². The monoisotopic (exact) mass is 576 g/mol. The van der Waals surface area contributed by atoms with Crippen LogP contribution in [-0.2, 0) is 19.7 Å². The summed E-state index contributed by atoms with van der Waals surface area (Å²) in [5.74, 6) is -0.649. The van der Waals surface area contributed by atoms with Crippen molar-refractivity contribution in [2.75, 3.05) is 18.6 Å². The zero-order valence-corrected chi connectivity index (χ0v) is 23.4. The van der Waals surface area contributed by atoms with Crippen molar-refractivity contribution in [2.24, 2.45) is 0 Å². The highest BCUT2D eigenvalue weighted by Gasteiger charge is 2.59. The maximum atomic E-state index is 15.0. The Balaban J connectivity index is 1.41. The number of nitrogens with zero attached hydrogens (tertiary/aromatic N) is 2. The topological polar surface area (TPSA) is 108 Å². The van der Waals surface area contributed by atoms with Gasteiger partial charge in [-0.05, 0) is 48.1 Å². The number of hydrogen-bond acceptors (Lipinski definition) is 7. The van der Waals surface area contributed by atoms with Gasteiger partial charge in [0.1, 0.15) is 17.8 Å². The van der Waals surface area contributed by atoms with Crippen LogP contribution in [0.25, 0.3) is 0 Å². The first-order valence-electron chi connectivity index (χ1n) is 14.2. The number of ether oxygens (including phenoxy) is 3. The Morgan fingerprint density at radius 2 is 1.56 bits per heavy atom. The van der Waals surface area contributed by atoms with E-state index in [4.69, 9.17) is 14.2 Å². The number of anilines is 1. The van der Waals surface area contributed by atoms with E-state index in [0.29, 0.717) is 18.4 Å². The Kier molecular flexibility index (Phi) is 6.19. The molecule has 0 aromatic heterocycles. The molecule has 1 amide bonds. The fourth-order valence-electron chi connectivity index (χ4n) is 6.62. The average molecular weight is 577 g/mol. The van der Waals surface area contributed by atoms with Crippen molar-refractivity contribution in [3.05, 3.63) is 129 Å². The van der Waals surface area contributed by atoms with Gasteiger partial charge in [0.25, 0.3) is 0 Å². The van der Waals surface area contributed by atoms with E-state index in [9.17, 15) is 19.7 Å². The van der Waals surface area contributed by atoms with E-state index in [0.717, 1.165) is 28.8 Å². The van der Waals surface area contributed by atoms with E-state index in [-0.39, 0.29) is 29.7 Å². The van der Waals surface area contributed by atoms with Gasteiger partial charge < -0.3 is 14.2 Å². The number of amides is 1. The standard InChI is InChI=1S/C34H28N2O7/c1-41-32(38)33(17-10-18-33)43-29-19-25-28(20-27(29)36(39)40)42-21-34(25)24-15-8-9-16-26(24)35(31(34)37)30(22-11-4-2-5-12-22)23-13-6-3-7-14-23/h2-9,11-16,19-20,30H,10,17-18,21H2,1H3. The van der Waals surface area contributed by atoms with Crippen molar-refractivity contribution in [1.29, 1.82) is 0 Å². The van der Waals surface area contributed by atoms with Gasteiger partial charge in [0.15, 0.2) is 5.75 Å². The summed E-state index contributed by atoms with van der Waals surface area (Å²) in [6, 6.07) is 29.6. The van der Waals surface area contributed by atoms with Crippen molar-refractivity contribution < 1.29 is 28.7 Å². The van der Waals surface area contributed by atoms with Gasteiger partial charge in [0.05, 0.1) is 24.1 Å². The van der Waals surface area contributed by atoms with Gasteiger partial charge in [-0.2, -0.15) is 0 Å². The van der Waals surface area contributed by atoms with E-state index >= 15 is 0 Å². The van der Waals surface area contributed by atoms with E-state index < -0.39 is 28.0 Å². The predicted octanol–water partition coefficient (Wildman–Crippen LogP) is 5.88. The van der Waals surface area contributed by atoms with Crippen LogP contribution in [0.2, 0.25) is 0 Å². The van der Waals surface area contributed by atoms with E-state index in [1.54, 1.807) is 0 Å². The number of methoxy groups -OCH3 is 1. The molecule has 1 aliphatic carbocycles. The zero-order valence-electron chi connectivity index (χ0n) is 23.4. The molecule has 1 unspecified atom stereocenters. The molecule has 2 aliphatic heterocycles. The van der Waals surface area contributed by atoms with Crippen LogP contribution in [0.3, 0.4) is 0 Å². The number of carbonyl (C=O) groups is 2. The number of nitro groups is 1. The second kappa shape index (κ2) is 9.97. The number of nitro benzene ring substituents is 1. The molecule has 2 heterocycles. The highest BCUT2D eigenvalue weighted by atomic mass is 16.6. The Bertz CT molecular complexity index is 1710. The lowest BCUT2D eigenvalue weighted by atomic mass is 9.76. The summed E-state index contributed by atoms with van der Waals surface area (Å²) >= 11 is 0. The molecule has 0 saturated heterocycles. The molecule has 0 N–H and O–H groups in total. The highest BCUT2D eigenvalue weighted by molar-refractivity contribution is 6.12. The van der Waals surface area contributed by atoms with Gasteiger partial charge in [-0.1, -0.05) is 78.9 Å². The van der Waals surface area contributed by atoms with Crippen molar-refractivity contribution in [2.45, 2.75) is 36.3 Å². The van der Waals surface area contributed by atoms with Gasteiger partial charge in [0, 0.05) is 11.3 Å². The van der Waals surface area contributed by atoms with Crippen molar-refractivity contribution in [1.82, 2.24) is 0 Å². The second-order valence-electron chi connectivity index (χ2n) is 11.1. The molecule has 1 atom stereocenters. The number of fused-ring (bicyclic) bond motifs is 4. The third-order valence-electron chi connectivity index (χ3n) is 8.88. The fraction of sp³-hybridized carbons (Fsp3) is 0.235. The molecule has 1 spiro atoms. The molecule has 1 fully saturated rings. The summed E-state index contributed by atoms with van der Waals surface area (Å²) in [5, 5.41) is 12.2. The second-order valence-corrected chi connectivity index (χ2v) is 11.1. The van der Waals surface area contributed by atoms with Crippen LogP contribution in [0, 0.1) is 10.1 Å². The molecule has 4 aromatic rings. The lowest BCUT2D eigenvalue weighted by Crippen LogP contribution is -2.51. The van der Waals surface area contributed by atoms with Crippen LogP contribution < -0.4 is 14.4 Å². The molecule has 7 rings (SSSR count). The number of rotatable bonds is 7. The first-order valence-corrected chi connectivity index (χ1v) is 14.2. The van der Waals surface area contributed by atoms with Crippen LogP contribution in [0.15, 0.2) is 97.1 Å². The highest BCUT2D eigenvalue weighted by Crippen LogP contribution is 2.57. The first-order chi connectivity index (χ1) is 20.9. The zero-order chi connectivity index (χ0) is 29.8. The van der Waals surface area contributed by atoms with Crippen LogP contribution in [0.5, 0.6) is 11.5 Å². The lowest BCUT2D eigenvalue weighted by molar-refractivity contribution is -0.386. The Hall–Kier alpha value is -5.18. The number of benzene rings is 4. The van der Waals surface area contributed by atoms with Gasteiger partial charge >= 0.3 is 11.7 Å².